The molecule has 0 spiro atoms. The van der Waals surface area contributed by atoms with Gasteiger partial charge >= 0.3 is 0 Å². The van der Waals surface area contributed by atoms with Gasteiger partial charge < -0.3 is 15.8 Å². The fourth-order valence-electron chi connectivity index (χ4n) is 1.76. The molecular formula is C12H16FN3O. The third-order valence-corrected chi connectivity index (χ3v) is 2.58. The molecule has 1 aromatic carbocycles. The molecule has 1 unspecified atom stereocenters. The standard InChI is InChI=1S/C12H16FN3O/c1-2-5-15-12(14)16-10-7-17-11-4-3-8(13)6-9(10)11/h3-4,6,10H,2,5,7H2,1H3,(H3,14,15,16). The molecule has 0 bridgehead atoms. The van der Waals surface area contributed by atoms with Gasteiger partial charge in [0.05, 0.1) is 6.04 Å². The molecule has 0 radical (unpaired) electrons. The maximum Gasteiger partial charge on any atom is 0.189 e. The monoisotopic (exact) mass is 237 g/mol. The Hall–Kier alpha value is -1.78. The number of benzene rings is 1. The highest BCUT2D eigenvalue weighted by Crippen LogP contribution is 2.32. The minimum Gasteiger partial charge on any atom is -0.491 e. The summed E-state index contributed by atoms with van der Waals surface area (Å²) in [5.74, 6) is 0.801. The summed E-state index contributed by atoms with van der Waals surface area (Å²) in [4.78, 5) is 4.14. The van der Waals surface area contributed by atoms with Crippen molar-refractivity contribution in [1.29, 1.82) is 0 Å². The van der Waals surface area contributed by atoms with E-state index in [0.717, 1.165) is 12.0 Å². The molecule has 1 aromatic rings. The third-order valence-electron chi connectivity index (χ3n) is 2.58. The van der Waals surface area contributed by atoms with Crippen LogP contribution in [0.5, 0.6) is 5.75 Å². The van der Waals surface area contributed by atoms with Crippen LogP contribution in [0, 0.1) is 5.82 Å². The zero-order chi connectivity index (χ0) is 12.3. The Morgan fingerprint density at radius 3 is 3.24 bits per heavy atom. The number of nitrogens with one attached hydrogen (secondary N) is 1. The van der Waals surface area contributed by atoms with Crippen LogP contribution in [0.3, 0.4) is 0 Å². The summed E-state index contributed by atoms with van der Waals surface area (Å²) in [6.45, 7) is 3.16. The molecule has 1 atom stereocenters. The van der Waals surface area contributed by atoms with Crippen LogP contribution in [-0.4, -0.2) is 19.1 Å². The van der Waals surface area contributed by atoms with E-state index in [1.807, 2.05) is 6.92 Å². The van der Waals surface area contributed by atoms with E-state index in [1.165, 1.54) is 12.1 Å². The van der Waals surface area contributed by atoms with Gasteiger partial charge in [0.25, 0.3) is 0 Å². The van der Waals surface area contributed by atoms with Gasteiger partial charge in [-0.1, -0.05) is 6.92 Å². The molecule has 1 heterocycles. The van der Waals surface area contributed by atoms with Crippen molar-refractivity contribution in [2.45, 2.75) is 19.4 Å². The molecule has 0 amide bonds. The van der Waals surface area contributed by atoms with Gasteiger partial charge in [-0.05, 0) is 24.6 Å². The lowest BCUT2D eigenvalue weighted by Crippen LogP contribution is -2.35. The van der Waals surface area contributed by atoms with E-state index < -0.39 is 0 Å². The first-order chi connectivity index (χ1) is 8.20. The smallest absolute Gasteiger partial charge is 0.189 e. The van der Waals surface area contributed by atoms with Crippen LogP contribution in [0.1, 0.15) is 24.9 Å². The van der Waals surface area contributed by atoms with Crippen molar-refractivity contribution in [2.24, 2.45) is 10.7 Å². The molecule has 0 saturated carbocycles. The van der Waals surface area contributed by atoms with Crippen LogP contribution in [0.2, 0.25) is 0 Å². The zero-order valence-corrected chi connectivity index (χ0v) is 9.74. The molecule has 1 aliphatic rings. The zero-order valence-electron chi connectivity index (χ0n) is 9.74. The van der Waals surface area contributed by atoms with Gasteiger partial charge in [-0.25, -0.2) is 4.39 Å². The Kier molecular flexibility index (Phi) is 3.46. The van der Waals surface area contributed by atoms with Crippen molar-refractivity contribution >= 4 is 5.96 Å². The topological polar surface area (TPSA) is 59.6 Å². The molecule has 0 aromatic heterocycles. The maximum absolute atomic E-state index is 13.1. The molecule has 92 valence electrons. The van der Waals surface area contributed by atoms with Gasteiger partial charge in [0.2, 0.25) is 0 Å². The number of hydrogen-bond acceptors (Lipinski definition) is 2. The molecule has 0 aliphatic carbocycles. The second-order valence-electron chi connectivity index (χ2n) is 3.96. The summed E-state index contributed by atoms with van der Waals surface area (Å²) in [5, 5.41) is 3.03. The van der Waals surface area contributed by atoms with Crippen molar-refractivity contribution in [1.82, 2.24) is 5.32 Å². The predicted octanol–water partition coefficient (Wildman–Crippen LogP) is 1.57. The highest BCUT2D eigenvalue weighted by molar-refractivity contribution is 5.78. The number of aliphatic imine (C=N–C) groups is 1. The number of ether oxygens (including phenoxy) is 1. The van der Waals surface area contributed by atoms with E-state index in [9.17, 15) is 4.39 Å². The van der Waals surface area contributed by atoms with Gasteiger partial charge in [-0.3, -0.25) is 4.99 Å². The number of fused-ring (bicyclic) bond motifs is 1. The minimum absolute atomic E-state index is 0.124. The number of nitrogens with zero attached hydrogens (tertiary/aromatic N) is 1. The number of hydrogen-bond donors (Lipinski definition) is 2. The fraction of sp³-hybridized carbons (Fsp3) is 0.417. The summed E-state index contributed by atoms with van der Waals surface area (Å²) < 4.78 is 18.6. The van der Waals surface area contributed by atoms with E-state index in [-0.39, 0.29) is 11.9 Å². The average molecular weight is 237 g/mol. The normalized spacial score (nSPS) is 18.7. The number of rotatable bonds is 3. The Bertz CT molecular complexity index is 434. The summed E-state index contributed by atoms with van der Waals surface area (Å²) in [6.07, 6.45) is 0.939. The van der Waals surface area contributed by atoms with Crippen molar-refractivity contribution in [3.8, 4) is 5.75 Å². The Balaban J connectivity index is 2.09. The fourth-order valence-corrected chi connectivity index (χ4v) is 1.76. The second-order valence-corrected chi connectivity index (χ2v) is 3.96. The molecule has 0 saturated heterocycles. The van der Waals surface area contributed by atoms with E-state index in [1.54, 1.807) is 6.07 Å². The van der Waals surface area contributed by atoms with Gasteiger partial charge in [0.1, 0.15) is 18.2 Å². The van der Waals surface area contributed by atoms with Crippen molar-refractivity contribution in [3.63, 3.8) is 0 Å². The van der Waals surface area contributed by atoms with Crippen LogP contribution < -0.4 is 15.8 Å². The molecule has 17 heavy (non-hydrogen) atoms. The SMILES string of the molecule is CCCN=C(N)NC1COc2ccc(F)cc21. The molecule has 1 aliphatic heterocycles. The Labute approximate surface area is 99.7 Å². The van der Waals surface area contributed by atoms with Gasteiger partial charge in [0.15, 0.2) is 5.96 Å². The summed E-state index contributed by atoms with van der Waals surface area (Å²) in [7, 11) is 0. The van der Waals surface area contributed by atoms with Crippen molar-refractivity contribution < 1.29 is 9.13 Å². The van der Waals surface area contributed by atoms with Crippen LogP contribution in [0.15, 0.2) is 23.2 Å². The highest BCUT2D eigenvalue weighted by atomic mass is 19.1. The third kappa shape index (κ3) is 2.67. The number of nitrogens with two attached hydrogens (primary N) is 1. The van der Waals surface area contributed by atoms with E-state index in [4.69, 9.17) is 10.5 Å². The Morgan fingerprint density at radius 1 is 1.65 bits per heavy atom. The van der Waals surface area contributed by atoms with E-state index in [2.05, 4.69) is 10.3 Å². The van der Waals surface area contributed by atoms with Gasteiger partial charge in [-0.2, -0.15) is 0 Å². The Morgan fingerprint density at radius 2 is 2.47 bits per heavy atom. The number of guanidine groups is 1. The lowest BCUT2D eigenvalue weighted by molar-refractivity contribution is 0.324. The molecule has 0 fully saturated rings. The quantitative estimate of drug-likeness (QED) is 0.619. The van der Waals surface area contributed by atoms with Crippen LogP contribution >= 0.6 is 0 Å². The van der Waals surface area contributed by atoms with Crippen LogP contribution in [0.25, 0.3) is 0 Å². The summed E-state index contributed by atoms with van der Waals surface area (Å²) in [6, 6.07) is 4.36. The lowest BCUT2D eigenvalue weighted by atomic mass is 10.1. The van der Waals surface area contributed by atoms with Crippen molar-refractivity contribution in [2.75, 3.05) is 13.2 Å². The molecule has 5 heteroatoms. The molecular weight excluding hydrogens is 221 g/mol. The maximum atomic E-state index is 13.1. The summed E-state index contributed by atoms with van der Waals surface area (Å²) >= 11 is 0. The molecule has 3 N–H and O–H groups in total. The lowest BCUT2D eigenvalue weighted by Gasteiger charge is -2.12. The van der Waals surface area contributed by atoms with E-state index >= 15 is 0 Å². The predicted molar refractivity (Wildman–Crippen MR) is 64.6 cm³/mol. The highest BCUT2D eigenvalue weighted by Gasteiger charge is 2.24. The molecule has 2 rings (SSSR count). The minimum atomic E-state index is -0.273. The van der Waals surface area contributed by atoms with Crippen molar-refractivity contribution in [3.05, 3.63) is 29.6 Å². The first-order valence-electron chi connectivity index (χ1n) is 5.69. The second kappa shape index (κ2) is 5.03. The first-order valence-corrected chi connectivity index (χ1v) is 5.69. The van der Waals surface area contributed by atoms with Gasteiger partial charge in [0, 0.05) is 12.1 Å². The largest absolute Gasteiger partial charge is 0.491 e. The number of halogens is 1. The molecule has 4 nitrogen and oxygen atoms in total. The van der Waals surface area contributed by atoms with Gasteiger partial charge in [-0.15, -0.1) is 0 Å². The first kappa shape index (κ1) is 11.7. The average Bonchev–Trinajstić information content (AvgIpc) is 2.69. The van der Waals surface area contributed by atoms with Crippen LogP contribution in [0.4, 0.5) is 4.39 Å². The summed E-state index contributed by atoms with van der Waals surface area (Å²) in [5.41, 5.74) is 6.52. The van der Waals surface area contributed by atoms with Crippen LogP contribution in [-0.2, 0) is 0 Å². The van der Waals surface area contributed by atoms with E-state index in [0.29, 0.717) is 24.9 Å².